The molecule has 6 nitrogen and oxygen atoms in total. The average Bonchev–Trinajstić information content (AvgIpc) is 2.78. The Labute approximate surface area is 197 Å². The molecule has 2 fully saturated rings. The lowest BCUT2D eigenvalue weighted by atomic mass is 9.92. The number of hydrogen-bond acceptors (Lipinski definition) is 5. The van der Waals surface area contributed by atoms with Crippen LogP contribution in [0.1, 0.15) is 28.8 Å². The van der Waals surface area contributed by atoms with Crippen LogP contribution in [0.15, 0.2) is 30.3 Å². The molecule has 184 valence electrons. The summed E-state index contributed by atoms with van der Waals surface area (Å²) in [7, 11) is 2.11. The quantitative estimate of drug-likeness (QED) is 0.573. The molecule has 2 aliphatic rings. The summed E-state index contributed by atoms with van der Waals surface area (Å²) < 4.78 is 42.9. The van der Waals surface area contributed by atoms with Crippen molar-refractivity contribution in [3.8, 4) is 0 Å². The van der Waals surface area contributed by atoms with Gasteiger partial charge in [-0.1, -0.05) is 6.07 Å². The van der Waals surface area contributed by atoms with Crippen molar-refractivity contribution < 1.29 is 23.1 Å². The van der Waals surface area contributed by atoms with E-state index in [0.29, 0.717) is 18.0 Å². The molecule has 9 heteroatoms. The summed E-state index contributed by atoms with van der Waals surface area (Å²) in [5, 5.41) is 16.6. The van der Waals surface area contributed by atoms with E-state index < -0.39 is 34.6 Å². The Balaban J connectivity index is 1.39. The van der Waals surface area contributed by atoms with Crippen LogP contribution in [0.25, 0.3) is 0 Å². The lowest BCUT2D eigenvalue weighted by Crippen LogP contribution is -2.67. The minimum absolute atomic E-state index is 0.0672. The summed E-state index contributed by atoms with van der Waals surface area (Å²) in [5.41, 5.74) is -1.02. The molecule has 2 aliphatic heterocycles. The van der Waals surface area contributed by atoms with Gasteiger partial charge >= 0.3 is 0 Å². The van der Waals surface area contributed by atoms with E-state index in [9.17, 15) is 23.1 Å². The number of carbonyl (C=O) groups is 1. The fraction of sp³-hybridized carbons (Fsp3) is 0.480. The third-order valence-corrected chi connectivity index (χ3v) is 6.69. The van der Waals surface area contributed by atoms with Crippen LogP contribution in [0, 0.1) is 30.3 Å². The number of amides is 1. The molecule has 3 N–H and O–H groups in total. The number of nitrogens with one attached hydrogen (secondary N) is 2. The Kier molecular flexibility index (Phi) is 7.16. The van der Waals surface area contributed by atoms with Crippen LogP contribution in [0.2, 0.25) is 0 Å². The molecular formula is C25H31F3N4O2. The number of hydrogen-bond donors (Lipinski definition) is 3. The van der Waals surface area contributed by atoms with Crippen molar-refractivity contribution >= 4 is 17.3 Å². The molecule has 2 aromatic rings. The van der Waals surface area contributed by atoms with Gasteiger partial charge in [0.2, 0.25) is 0 Å². The van der Waals surface area contributed by atoms with E-state index in [1.807, 2.05) is 0 Å². The summed E-state index contributed by atoms with van der Waals surface area (Å²) >= 11 is 0. The molecule has 34 heavy (non-hydrogen) atoms. The summed E-state index contributed by atoms with van der Waals surface area (Å²) in [5.74, 6) is -3.05. The van der Waals surface area contributed by atoms with Gasteiger partial charge in [-0.15, -0.1) is 0 Å². The fourth-order valence-electron chi connectivity index (χ4n) is 4.57. The summed E-state index contributed by atoms with van der Waals surface area (Å²) in [6.07, 6.45) is 2.22. The Morgan fingerprint density at radius 1 is 1.12 bits per heavy atom. The number of aryl methyl sites for hydroxylation is 1. The molecule has 0 atom stereocenters. The smallest absolute Gasteiger partial charge is 0.256 e. The van der Waals surface area contributed by atoms with Gasteiger partial charge in [0.15, 0.2) is 11.6 Å². The van der Waals surface area contributed by atoms with E-state index in [1.165, 1.54) is 23.1 Å². The van der Waals surface area contributed by atoms with Gasteiger partial charge in [-0.3, -0.25) is 4.79 Å². The molecule has 2 aromatic carbocycles. The number of anilines is 2. The van der Waals surface area contributed by atoms with Crippen LogP contribution in [0.4, 0.5) is 24.5 Å². The molecule has 1 amide bonds. The molecule has 2 heterocycles. The number of piperidine rings is 1. The van der Waals surface area contributed by atoms with Gasteiger partial charge in [0.05, 0.1) is 30.0 Å². The lowest BCUT2D eigenvalue weighted by molar-refractivity contribution is -0.0789. The van der Waals surface area contributed by atoms with Gasteiger partial charge in [0, 0.05) is 6.54 Å². The summed E-state index contributed by atoms with van der Waals surface area (Å²) in [6.45, 7) is 5.14. The first-order chi connectivity index (χ1) is 16.1. The van der Waals surface area contributed by atoms with Gasteiger partial charge < -0.3 is 25.5 Å². The van der Waals surface area contributed by atoms with Crippen molar-refractivity contribution in [1.29, 1.82) is 0 Å². The molecule has 0 unspecified atom stereocenters. The highest BCUT2D eigenvalue weighted by atomic mass is 19.2. The monoisotopic (exact) mass is 476 g/mol. The molecule has 0 aliphatic carbocycles. The zero-order valence-electron chi connectivity index (χ0n) is 19.5. The Morgan fingerprint density at radius 3 is 2.50 bits per heavy atom. The third kappa shape index (κ3) is 5.37. The van der Waals surface area contributed by atoms with E-state index in [4.69, 9.17) is 0 Å². The normalized spacial score (nSPS) is 18.6. The van der Waals surface area contributed by atoms with Crippen LogP contribution in [0.5, 0.6) is 0 Å². The summed E-state index contributed by atoms with van der Waals surface area (Å²) in [6, 6.07) is 6.33. The molecule has 0 radical (unpaired) electrons. The maximum atomic E-state index is 14.6. The second-order valence-corrected chi connectivity index (χ2v) is 9.66. The zero-order chi connectivity index (χ0) is 24.5. The molecule has 2 saturated heterocycles. The molecular weight excluding hydrogens is 445 g/mol. The van der Waals surface area contributed by atoms with Crippen LogP contribution in [-0.2, 0) is 0 Å². The summed E-state index contributed by atoms with van der Waals surface area (Å²) in [4.78, 5) is 16.7. The highest BCUT2D eigenvalue weighted by molar-refractivity contribution is 6.01. The first-order valence-electron chi connectivity index (χ1n) is 11.6. The maximum absolute atomic E-state index is 14.6. The lowest BCUT2D eigenvalue weighted by Gasteiger charge is -2.47. The van der Waals surface area contributed by atoms with Crippen LogP contribution in [-0.4, -0.2) is 72.7 Å². The number of carbonyl (C=O) groups excluding carboxylic acids is 1. The number of rotatable bonds is 7. The largest absolute Gasteiger partial charge is 0.385 e. The number of halogens is 3. The standard InChI is InChI=1S/C25H31F3N4O2/c1-16-3-6-21(20(27)11-16)30-23-18(4-5-19(26)22(23)28)24(33)32-14-25(34,15-32)13-29-12-17-7-9-31(2)10-8-17/h3-6,11,17,29-30,34H,7-10,12-15H2,1-2H3. The van der Waals surface area contributed by atoms with Crippen molar-refractivity contribution in [2.45, 2.75) is 25.4 Å². The van der Waals surface area contributed by atoms with E-state index in [2.05, 4.69) is 22.6 Å². The average molecular weight is 477 g/mol. The van der Waals surface area contributed by atoms with Crippen molar-refractivity contribution in [2.24, 2.45) is 5.92 Å². The highest BCUT2D eigenvalue weighted by Crippen LogP contribution is 2.31. The van der Waals surface area contributed by atoms with Crippen LogP contribution < -0.4 is 10.6 Å². The molecule has 0 saturated carbocycles. The first-order valence-corrected chi connectivity index (χ1v) is 11.6. The van der Waals surface area contributed by atoms with Gasteiger partial charge in [0.25, 0.3) is 5.91 Å². The third-order valence-electron chi connectivity index (χ3n) is 6.69. The van der Waals surface area contributed by atoms with Crippen molar-refractivity contribution in [3.05, 3.63) is 58.9 Å². The van der Waals surface area contributed by atoms with Gasteiger partial charge in [0.1, 0.15) is 11.4 Å². The van der Waals surface area contributed by atoms with E-state index >= 15 is 0 Å². The van der Waals surface area contributed by atoms with E-state index in [-0.39, 0.29) is 24.3 Å². The number of nitrogens with zero attached hydrogens (tertiary/aromatic N) is 2. The molecule has 4 rings (SSSR count). The molecule has 0 bridgehead atoms. The predicted molar refractivity (Wildman–Crippen MR) is 125 cm³/mol. The van der Waals surface area contributed by atoms with Gasteiger partial charge in [-0.2, -0.15) is 0 Å². The minimum atomic E-state index is -1.26. The minimum Gasteiger partial charge on any atom is -0.385 e. The highest BCUT2D eigenvalue weighted by Gasteiger charge is 2.44. The second kappa shape index (κ2) is 9.93. The maximum Gasteiger partial charge on any atom is 0.256 e. The van der Waals surface area contributed by atoms with Gasteiger partial charge in [-0.05, 0) is 82.2 Å². The van der Waals surface area contributed by atoms with Crippen LogP contribution >= 0.6 is 0 Å². The second-order valence-electron chi connectivity index (χ2n) is 9.66. The van der Waals surface area contributed by atoms with Crippen molar-refractivity contribution in [3.63, 3.8) is 0 Å². The SMILES string of the molecule is Cc1ccc(Nc2c(C(=O)N3CC(O)(CNCC4CCN(C)CC4)C3)ccc(F)c2F)c(F)c1. The zero-order valence-corrected chi connectivity index (χ0v) is 19.5. The fourth-order valence-corrected chi connectivity index (χ4v) is 4.57. The van der Waals surface area contributed by atoms with E-state index in [0.717, 1.165) is 38.5 Å². The molecule has 0 spiro atoms. The van der Waals surface area contributed by atoms with Crippen molar-refractivity contribution in [2.75, 3.05) is 51.6 Å². The Hall–Kier alpha value is -2.62. The predicted octanol–water partition coefficient (Wildman–Crippen LogP) is 3.27. The van der Waals surface area contributed by atoms with Crippen molar-refractivity contribution in [1.82, 2.24) is 15.1 Å². The Bertz CT molecular complexity index is 1050. The van der Waals surface area contributed by atoms with E-state index in [1.54, 1.807) is 13.0 Å². The number of benzene rings is 2. The van der Waals surface area contributed by atoms with Crippen LogP contribution in [0.3, 0.4) is 0 Å². The number of aliphatic hydroxyl groups is 1. The Morgan fingerprint density at radius 2 is 1.82 bits per heavy atom. The topological polar surface area (TPSA) is 67.8 Å². The number of β-amino-alcohol motifs (C(OH)–C–C–N with tert-alkyl or cyclic N) is 1. The molecule has 0 aromatic heterocycles. The van der Waals surface area contributed by atoms with Gasteiger partial charge in [-0.25, -0.2) is 13.2 Å². The first kappa shape index (κ1) is 24.5. The number of likely N-dealkylation sites (tertiary alicyclic amines) is 2.